The minimum atomic E-state index is -0.885. The van der Waals surface area contributed by atoms with Crippen LogP contribution < -0.4 is 0 Å². The molecular weight excluding hydrogens is 196 g/mol. The number of rotatable bonds is 2. The average molecular weight is 210 g/mol. The number of methoxy groups -OCH3 is 1. The fourth-order valence-electron chi connectivity index (χ4n) is 2.79. The quantitative estimate of drug-likeness (QED) is 0.547. The van der Waals surface area contributed by atoms with Gasteiger partial charge in [-0.2, -0.15) is 0 Å². The Balaban J connectivity index is 2.30. The summed E-state index contributed by atoms with van der Waals surface area (Å²) in [6.45, 7) is 0. The number of carbonyl (C=O) groups excluding carboxylic acids is 1. The van der Waals surface area contributed by atoms with Gasteiger partial charge in [0, 0.05) is 0 Å². The molecule has 3 rings (SSSR count). The second-order valence-corrected chi connectivity index (χ2v) is 4.20. The maximum Gasteiger partial charge on any atom is 0.310 e. The Hall–Kier alpha value is -1.32. The number of ether oxygens (including phenoxy) is 1. The summed E-state index contributed by atoms with van der Waals surface area (Å²) in [7, 11) is 1.31. The molecule has 3 aliphatic rings. The van der Waals surface area contributed by atoms with E-state index in [1.165, 1.54) is 7.11 Å². The molecule has 0 amide bonds. The molecular formula is C11H14O4. The van der Waals surface area contributed by atoms with E-state index in [-0.39, 0.29) is 17.8 Å². The number of fused-ring (bicyclic) bond motifs is 2. The van der Waals surface area contributed by atoms with E-state index in [1.54, 1.807) is 0 Å². The summed E-state index contributed by atoms with van der Waals surface area (Å²) in [6, 6.07) is 0. The summed E-state index contributed by atoms with van der Waals surface area (Å²) in [5.74, 6) is -2.32. The molecule has 0 aliphatic heterocycles. The maximum absolute atomic E-state index is 11.6. The van der Waals surface area contributed by atoms with Crippen LogP contribution in [-0.2, 0) is 14.3 Å². The molecule has 1 fully saturated rings. The van der Waals surface area contributed by atoms with Crippen molar-refractivity contribution < 1.29 is 19.4 Å². The maximum atomic E-state index is 11.6. The van der Waals surface area contributed by atoms with Crippen molar-refractivity contribution in [2.24, 2.45) is 23.7 Å². The lowest BCUT2D eigenvalue weighted by molar-refractivity contribution is -0.162. The average Bonchev–Trinajstić information content (AvgIpc) is 2.28. The Kier molecular flexibility index (Phi) is 2.50. The van der Waals surface area contributed by atoms with Crippen molar-refractivity contribution in [3.05, 3.63) is 12.2 Å². The molecule has 15 heavy (non-hydrogen) atoms. The molecule has 0 heterocycles. The van der Waals surface area contributed by atoms with Gasteiger partial charge in [-0.25, -0.2) is 0 Å². The van der Waals surface area contributed by atoms with Crippen molar-refractivity contribution in [2.45, 2.75) is 12.8 Å². The second kappa shape index (κ2) is 3.68. The Bertz CT molecular complexity index is 321. The summed E-state index contributed by atoms with van der Waals surface area (Å²) in [6.07, 6.45) is 5.66. The van der Waals surface area contributed by atoms with E-state index in [0.29, 0.717) is 0 Å². The summed E-state index contributed by atoms with van der Waals surface area (Å²) in [4.78, 5) is 22.7. The van der Waals surface area contributed by atoms with Gasteiger partial charge in [-0.05, 0) is 24.7 Å². The van der Waals surface area contributed by atoms with Crippen LogP contribution in [0.2, 0.25) is 0 Å². The van der Waals surface area contributed by atoms with Crippen LogP contribution in [0, 0.1) is 23.7 Å². The minimum Gasteiger partial charge on any atom is -0.481 e. The molecule has 82 valence electrons. The first-order chi connectivity index (χ1) is 7.15. The third-order valence-corrected chi connectivity index (χ3v) is 3.51. The first-order valence-electron chi connectivity index (χ1n) is 5.14. The molecule has 1 N–H and O–H groups in total. The number of aliphatic carboxylic acids is 1. The van der Waals surface area contributed by atoms with Gasteiger partial charge in [0.2, 0.25) is 0 Å². The van der Waals surface area contributed by atoms with Crippen molar-refractivity contribution in [1.29, 1.82) is 0 Å². The van der Waals surface area contributed by atoms with Crippen molar-refractivity contribution in [3.63, 3.8) is 0 Å². The van der Waals surface area contributed by atoms with E-state index in [9.17, 15) is 9.59 Å². The number of hydrogen-bond acceptors (Lipinski definition) is 3. The highest BCUT2D eigenvalue weighted by atomic mass is 16.5. The molecule has 3 aliphatic carbocycles. The highest BCUT2D eigenvalue weighted by molar-refractivity contribution is 5.82. The van der Waals surface area contributed by atoms with Crippen LogP contribution in [0.15, 0.2) is 12.2 Å². The Morgan fingerprint density at radius 3 is 2.13 bits per heavy atom. The third-order valence-electron chi connectivity index (χ3n) is 3.51. The normalized spacial score (nSPS) is 37.7. The van der Waals surface area contributed by atoms with Crippen molar-refractivity contribution >= 4 is 11.9 Å². The van der Waals surface area contributed by atoms with Gasteiger partial charge in [0.25, 0.3) is 0 Å². The van der Waals surface area contributed by atoms with E-state index in [2.05, 4.69) is 4.74 Å². The van der Waals surface area contributed by atoms with Crippen LogP contribution in [0.5, 0.6) is 0 Å². The monoisotopic (exact) mass is 210 g/mol. The predicted octanol–water partition coefficient (Wildman–Crippen LogP) is 1.07. The molecule has 4 heteroatoms. The van der Waals surface area contributed by atoms with Crippen LogP contribution in [0.4, 0.5) is 0 Å². The number of carbonyl (C=O) groups is 2. The zero-order valence-corrected chi connectivity index (χ0v) is 8.55. The number of esters is 1. The molecule has 0 aromatic rings. The Labute approximate surface area is 87.9 Å². The fourth-order valence-corrected chi connectivity index (χ4v) is 2.79. The number of allylic oxidation sites excluding steroid dienone is 2. The summed E-state index contributed by atoms with van der Waals surface area (Å²) < 4.78 is 4.69. The Morgan fingerprint density at radius 1 is 1.20 bits per heavy atom. The lowest BCUT2D eigenvalue weighted by Crippen LogP contribution is -2.45. The van der Waals surface area contributed by atoms with Gasteiger partial charge in [0.15, 0.2) is 0 Å². The van der Waals surface area contributed by atoms with Crippen molar-refractivity contribution in [2.75, 3.05) is 7.11 Å². The van der Waals surface area contributed by atoms with Crippen LogP contribution >= 0.6 is 0 Å². The summed E-state index contributed by atoms with van der Waals surface area (Å²) in [5.41, 5.74) is 0. The van der Waals surface area contributed by atoms with Gasteiger partial charge in [-0.15, -0.1) is 0 Å². The van der Waals surface area contributed by atoms with Crippen molar-refractivity contribution in [3.8, 4) is 0 Å². The number of carboxylic acid groups (broad SMARTS) is 1. The molecule has 3 unspecified atom stereocenters. The molecule has 0 aromatic carbocycles. The lowest BCUT2D eigenvalue weighted by atomic mass is 9.62. The highest BCUT2D eigenvalue weighted by Crippen LogP contribution is 2.45. The van der Waals surface area contributed by atoms with Crippen LogP contribution in [0.3, 0.4) is 0 Å². The largest absolute Gasteiger partial charge is 0.481 e. The van der Waals surface area contributed by atoms with Crippen LogP contribution in [-0.4, -0.2) is 24.2 Å². The molecule has 0 aromatic heterocycles. The van der Waals surface area contributed by atoms with Gasteiger partial charge in [-0.3, -0.25) is 9.59 Å². The molecule has 4 nitrogen and oxygen atoms in total. The topological polar surface area (TPSA) is 63.6 Å². The van der Waals surface area contributed by atoms with E-state index in [1.807, 2.05) is 12.2 Å². The van der Waals surface area contributed by atoms with Crippen LogP contribution in [0.25, 0.3) is 0 Å². The number of hydrogen-bond donors (Lipinski definition) is 1. The zero-order valence-electron chi connectivity index (χ0n) is 8.55. The van der Waals surface area contributed by atoms with Gasteiger partial charge < -0.3 is 9.84 Å². The van der Waals surface area contributed by atoms with Gasteiger partial charge in [-0.1, -0.05) is 12.2 Å². The van der Waals surface area contributed by atoms with Gasteiger partial charge >= 0.3 is 11.9 Å². The first kappa shape index (κ1) is 10.2. The van der Waals surface area contributed by atoms with E-state index >= 15 is 0 Å². The smallest absolute Gasteiger partial charge is 0.310 e. The standard InChI is InChI=1S/C11H14O4/c1-15-11(14)9-7-4-2-6(3-5-7)8(9)10(12)13/h2,4,6-9H,3,5H2,1H3,(H,12,13)/t6-,7?,8?,9?/m1/s1. The molecule has 0 spiro atoms. The van der Waals surface area contributed by atoms with E-state index in [4.69, 9.17) is 5.11 Å². The Morgan fingerprint density at radius 2 is 1.73 bits per heavy atom. The highest BCUT2D eigenvalue weighted by Gasteiger charge is 2.48. The summed E-state index contributed by atoms with van der Waals surface area (Å²) >= 11 is 0. The lowest BCUT2D eigenvalue weighted by Gasteiger charge is -2.41. The predicted molar refractivity (Wildman–Crippen MR) is 52.0 cm³/mol. The molecule has 2 bridgehead atoms. The third kappa shape index (κ3) is 1.54. The SMILES string of the molecule is COC(=O)C1C2C=C[C@H](CC2)C1C(=O)O. The summed E-state index contributed by atoms with van der Waals surface area (Å²) in [5, 5.41) is 9.13. The fraction of sp³-hybridized carbons (Fsp3) is 0.636. The van der Waals surface area contributed by atoms with Crippen molar-refractivity contribution in [1.82, 2.24) is 0 Å². The van der Waals surface area contributed by atoms with Gasteiger partial charge in [0.1, 0.15) is 0 Å². The second-order valence-electron chi connectivity index (χ2n) is 4.20. The molecule has 1 saturated carbocycles. The molecule has 0 saturated heterocycles. The molecule has 4 atom stereocenters. The molecule has 0 radical (unpaired) electrons. The van der Waals surface area contributed by atoms with Gasteiger partial charge in [0.05, 0.1) is 18.9 Å². The minimum absolute atomic E-state index is 0.00315. The van der Waals surface area contributed by atoms with E-state index in [0.717, 1.165) is 12.8 Å². The first-order valence-corrected chi connectivity index (χ1v) is 5.14. The number of carboxylic acids is 1. The van der Waals surface area contributed by atoms with Crippen LogP contribution in [0.1, 0.15) is 12.8 Å². The van der Waals surface area contributed by atoms with E-state index < -0.39 is 17.8 Å². The zero-order chi connectivity index (χ0) is 11.0.